The van der Waals surface area contributed by atoms with Gasteiger partial charge in [0.05, 0.1) is 18.8 Å². The summed E-state index contributed by atoms with van der Waals surface area (Å²) in [7, 11) is 0. The molecule has 4 rings (SSSR count). The highest BCUT2D eigenvalue weighted by Gasteiger charge is 2.32. The fourth-order valence-electron chi connectivity index (χ4n) is 2.86. The van der Waals surface area contributed by atoms with E-state index < -0.39 is 6.09 Å². The first-order chi connectivity index (χ1) is 11.6. The Bertz CT molecular complexity index is 949. The van der Waals surface area contributed by atoms with Gasteiger partial charge in [0.2, 0.25) is 11.6 Å². The molecular formula is C17H15N3O4. The highest BCUT2D eigenvalue weighted by molar-refractivity contribution is 6.05. The molecule has 0 radical (unpaired) electrons. The van der Waals surface area contributed by atoms with Crippen molar-refractivity contribution < 1.29 is 18.7 Å². The van der Waals surface area contributed by atoms with E-state index in [1.165, 1.54) is 11.8 Å². The van der Waals surface area contributed by atoms with Gasteiger partial charge in [-0.2, -0.15) is 0 Å². The second kappa shape index (κ2) is 5.52. The van der Waals surface area contributed by atoms with Crippen molar-refractivity contribution in [2.75, 3.05) is 18.0 Å². The molecule has 2 amide bonds. The molecule has 3 aromatic rings. The molecule has 1 aromatic carbocycles. The number of aromatic nitrogens is 1. The molecule has 7 nitrogen and oxygen atoms in total. The number of amides is 2. The average molecular weight is 325 g/mol. The van der Waals surface area contributed by atoms with Gasteiger partial charge in [-0.1, -0.05) is 0 Å². The Morgan fingerprint density at radius 3 is 3.08 bits per heavy atom. The fraction of sp³-hybridized carbons (Fsp3) is 0.235. The summed E-state index contributed by atoms with van der Waals surface area (Å²) < 4.78 is 11.0. The second-order valence-corrected chi connectivity index (χ2v) is 5.69. The van der Waals surface area contributed by atoms with E-state index in [0.717, 1.165) is 10.8 Å². The van der Waals surface area contributed by atoms with E-state index in [4.69, 9.17) is 9.15 Å². The molecule has 0 aliphatic carbocycles. The number of hydrogen-bond donors (Lipinski definition) is 1. The summed E-state index contributed by atoms with van der Waals surface area (Å²) >= 11 is 0. The molecule has 1 aliphatic heterocycles. The van der Waals surface area contributed by atoms with E-state index >= 15 is 0 Å². The molecule has 1 N–H and O–H groups in total. The van der Waals surface area contributed by atoms with Crippen LogP contribution in [0.15, 0.2) is 40.9 Å². The quantitative estimate of drug-likeness (QED) is 0.799. The third kappa shape index (κ3) is 2.44. The molecule has 1 aliphatic rings. The summed E-state index contributed by atoms with van der Waals surface area (Å²) in [4.78, 5) is 28.8. The van der Waals surface area contributed by atoms with E-state index in [1.807, 2.05) is 24.3 Å². The molecule has 0 unspecified atom stereocenters. The topological polar surface area (TPSA) is 84.7 Å². The number of rotatable bonds is 3. The summed E-state index contributed by atoms with van der Waals surface area (Å²) in [5.41, 5.74) is 1.92. The minimum absolute atomic E-state index is 0.152. The highest BCUT2D eigenvalue weighted by atomic mass is 16.6. The van der Waals surface area contributed by atoms with Crippen LogP contribution in [0, 0.1) is 0 Å². The lowest BCUT2D eigenvalue weighted by Gasteiger charge is -2.12. The van der Waals surface area contributed by atoms with E-state index in [2.05, 4.69) is 10.3 Å². The Morgan fingerprint density at radius 2 is 2.25 bits per heavy atom. The van der Waals surface area contributed by atoms with Gasteiger partial charge in [-0.25, -0.2) is 9.78 Å². The molecule has 3 heterocycles. The standard InChI is InChI=1S/C17H15N3O4/c1-10(21)19-8-12-9-20(17(22)23-12)11-4-5-13-14-3-2-6-18-16(14)24-15(13)7-11/h2-7,12H,8-9H2,1H3,(H,19,21)/t12-/m0/s1. The lowest BCUT2D eigenvalue weighted by molar-refractivity contribution is -0.119. The highest BCUT2D eigenvalue weighted by Crippen LogP contribution is 2.31. The first kappa shape index (κ1) is 14.5. The fourth-order valence-corrected chi connectivity index (χ4v) is 2.86. The molecule has 122 valence electrons. The van der Waals surface area contributed by atoms with Crippen LogP contribution in [0.25, 0.3) is 22.1 Å². The third-order valence-electron chi connectivity index (χ3n) is 4.00. The predicted octanol–water partition coefficient (Wildman–Crippen LogP) is 2.44. The van der Waals surface area contributed by atoms with Crippen molar-refractivity contribution in [1.82, 2.24) is 10.3 Å². The maximum absolute atomic E-state index is 12.1. The van der Waals surface area contributed by atoms with Gasteiger partial charge >= 0.3 is 6.09 Å². The van der Waals surface area contributed by atoms with Gasteiger partial charge < -0.3 is 14.5 Å². The Morgan fingerprint density at radius 1 is 1.38 bits per heavy atom. The van der Waals surface area contributed by atoms with Crippen molar-refractivity contribution in [3.63, 3.8) is 0 Å². The maximum Gasteiger partial charge on any atom is 0.414 e. The van der Waals surface area contributed by atoms with Crippen molar-refractivity contribution in [1.29, 1.82) is 0 Å². The van der Waals surface area contributed by atoms with Gasteiger partial charge in [-0.15, -0.1) is 0 Å². The molecule has 2 aromatic heterocycles. The number of anilines is 1. The number of ether oxygens (including phenoxy) is 1. The van der Waals surface area contributed by atoms with Gasteiger partial charge in [0.15, 0.2) is 0 Å². The molecule has 0 bridgehead atoms. The molecular weight excluding hydrogens is 310 g/mol. The number of cyclic esters (lactones) is 1. The van der Waals surface area contributed by atoms with Gasteiger partial charge in [-0.05, 0) is 24.3 Å². The number of hydrogen-bond acceptors (Lipinski definition) is 5. The number of nitrogens with one attached hydrogen (secondary N) is 1. The summed E-state index contributed by atoms with van der Waals surface area (Å²) in [5.74, 6) is -0.152. The van der Waals surface area contributed by atoms with Crippen molar-refractivity contribution >= 4 is 39.8 Å². The Balaban J connectivity index is 1.63. The van der Waals surface area contributed by atoms with E-state index in [-0.39, 0.29) is 12.0 Å². The first-order valence-electron chi connectivity index (χ1n) is 7.61. The zero-order valence-corrected chi connectivity index (χ0v) is 13.0. The van der Waals surface area contributed by atoms with Crippen LogP contribution in [0.5, 0.6) is 0 Å². The van der Waals surface area contributed by atoms with Gasteiger partial charge in [0.1, 0.15) is 11.7 Å². The number of pyridine rings is 1. The van der Waals surface area contributed by atoms with E-state index in [9.17, 15) is 9.59 Å². The van der Waals surface area contributed by atoms with Crippen molar-refractivity contribution in [2.24, 2.45) is 0 Å². The third-order valence-corrected chi connectivity index (χ3v) is 4.00. The average Bonchev–Trinajstić information content (AvgIpc) is 3.12. The first-order valence-corrected chi connectivity index (χ1v) is 7.61. The normalized spacial score (nSPS) is 17.5. The second-order valence-electron chi connectivity index (χ2n) is 5.69. The largest absolute Gasteiger partial charge is 0.442 e. The number of fused-ring (bicyclic) bond motifs is 3. The molecule has 1 fully saturated rings. The number of benzene rings is 1. The summed E-state index contributed by atoms with van der Waals surface area (Å²) in [6.45, 7) is 2.11. The van der Waals surface area contributed by atoms with Crippen LogP contribution in [0.4, 0.5) is 10.5 Å². The van der Waals surface area contributed by atoms with Gasteiger partial charge in [-0.3, -0.25) is 9.69 Å². The van der Waals surface area contributed by atoms with Crippen LogP contribution < -0.4 is 10.2 Å². The van der Waals surface area contributed by atoms with Crippen molar-refractivity contribution in [3.8, 4) is 0 Å². The zero-order chi connectivity index (χ0) is 16.7. The molecule has 0 spiro atoms. The molecule has 1 saturated heterocycles. The van der Waals surface area contributed by atoms with Crippen LogP contribution in [-0.2, 0) is 9.53 Å². The summed E-state index contributed by atoms with van der Waals surface area (Å²) in [6, 6.07) is 9.37. The Hall–Kier alpha value is -3.09. The predicted molar refractivity (Wildman–Crippen MR) is 87.8 cm³/mol. The molecule has 1 atom stereocenters. The lowest BCUT2D eigenvalue weighted by atomic mass is 10.1. The minimum Gasteiger partial charge on any atom is -0.442 e. The van der Waals surface area contributed by atoms with Crippen LogP contribution in [0.3, 0.4) is 0 Å². The van der Waals surface area contributed by atoms with Crippen LogP contribution >= 0.6 is 0 Å². The Labute approximate surface area is 137 Å². The molecule has 7 heteroatoms. The van der Waals surface area contributed by atoms with Gasteiger partial charge in [0.25, 0.3) is 0 Å². The maximum atomic E-state index is 12.1. The monoisotopic (exact) mass is 325 g/mol. The lowest BCUT2D eigenvalue weighted by Crippen LogP contribution is -2.33. The zero-order valence-electron chi connectivity index (χ0n) is 13.0. The number of carbonyl (C=O) groups is 2. The molecule has 0 saturated carbocycles. The number of nitrogens with zero attached hydrogens (tertiary/aromatic N) is 2. The van der Waals surface area contributed by atoms with E-state index in [0.29, 0.717) is 30.1 Å². The van der Waals surface area contributed by atoms with Crippen molar-refractivity contribution in [2.45, 2.75) is 13.0 Å². The SMILES string of the molecule is CC(=O)NC[C@H]1CN(c2ccc3c(c2)oc2ncccc23)C(=O)O1. The summed E-state index contributed by atoms with van der Waals surface area (Å²) in [6.07, 6.45) is 0.879. The van der Waals surface area contributed by atoms with Crippen LogP contribution in [0.2, 0.25) is 0 Å². The van der Waals surface area contributed by atoms with Crippen LogP contribution in [-0.4, -0.2) is 36.2 Å². The summed E-state index contributed by atoms with van der Waals surface area (Å²) in [5, 5.41) is 4.54. The van der Waals surface area contributed by atoms with Crippen molar-refractivity contribution in [3.05, 3.63) is 36.5 Å². The van der Waals surface area contributed by atoms with Crippen LogP contribution in [0.1, 0.15) is 6.92 Å². The smallest absolute Gasteiger partial charge is 0.414 e. The van der Waals surface area contributed by atoms with Gasteiger partial charge in [0, 0.05) is 30.0 Å². The number of carbonyl (C=O) groups excluding carboxylic acids is 2. The Kier molecular flexibility index (Phi) is 3.34. The number of furan rings is 1. The minimum atomic E-state index is -0.432. The molecule has 24 heavy (non-hydrogen) atoms. The van der Waals surface area contributed by atoms with E-state index in [1.54, 1.807) is 12.3 Å².